The molecule has 0 saturated heterocycles. The molecule has 0 radical (unpaired) electrons. The highest BCUT2D eigenvalue weighted by atomic mass is 32.1. The Balaban J connectivity index is 2.08. The normalized spacial score (nSPS) is 11.5. The van der Waals surface area contributed by atoms with Crippen LogP contribution in [0.1, 0.15) is 28.8 Å². The van der Waals surface area contributed by atoms with Crippen LogP contribution in [-0.2, 0) is 23.8 Å². The van der Waals surface area contributed by atoms with Crippen molar-refractivity contribution in [2.45, 2.75) is 32.9 Å². The zero-order valence-corrected chi connectivity index (χ0v) is 12.9. The van der Waals surface area contributed by atoms with Gasteiger partial charge in [0.05, 0.1) is 17.7 Å². The number of benzene rings is 1. The highest BCUT2D eigenvalue weighted by Crippen LogP contribution is 2.33. The molecule has 2 rings (SSSR count). The molecule has 0 unspecified atom stereocenters. The molecule has 7 heteroatoms. The van der Waals surface area contributed by atoms with E-state index in [0.29, 0.717) is 5.01 Å². The van der Waals surface area contributed by atoms with Crippen molar-refractivity contribution in [2.24, 2.45) is 0 Å². The maximum atomic E-state index is 12.8. The van der Waals surface area contributed by atoms with E-state index in [4.69, 9.17) is 0 Å². The lowest BCUT2D eigenvalue weighted by molar-refractivity contribution is -0.138. The van der Waals surface area contributed by atoms with Crippen molar-refractivity contribution in [1.29, 1.82) is 0 Å². The fourth-order valence-electron chi connectivity index (χ4n) is 1.94. The molecule has 0 aliphatic heterocycles. The molecule has 0 bridgehead atoms. The van der Waals surface area contributed by atoms with Gasteiger partial charge in [0, 0.05) is 11.1 Å². The Morgan fingerprint density at radius 2 is 2.09 bits per heavy atom. The number of hydrogen-bond acceptors (Lipinski definition) is 3. The molecule has 1 aromatic heterocycles. The van der Waals surface area contributed by atoms with Gasteiger partial charge in [0.2, 0.25) is 5.91 Å². The van der Waals surface area contributed by atoms with Gasteiger partial charge in [-0.3, -0.25) is 4.79 Å². The first kappa shape index (κ1) is 16.5. The van der Waals surface area contributed by atoms with Crippen molar-refractivity contribution in [3.05, 3.63) is 45.4 Å². The smallest absolute Gasteiger partial charge is 0.326 e. The second-order valence-electron chi connectivity index (χ2n) is 4.84. The van der Waals surface area contributed by atoms with Gasteiger partial charge >= 0.3 is 6.18 Å². The molecular formula is C15H15F3N2OS. The highest BCUT2D eigenvalue weighted by Gasteiger charge is 2.32. The van der Waals surface area contributed by atoms with Crippen LogP contribution in [0, 0.1) is 6.92 Å². The predicted molar refractivity (Wildman–Crippen MR) is 80.0 cm³/mol. The van der Waals surface area contributed by atoms with Gasteiger partial charge in [-0.1, -0.05) is 13.0 Å². The van der Waals surface area contributed by atoms with Crippen molar-refractivity contribution in [1.82, 2.24) is 4.98 Å². The monoisotopic (exact) mass is 328 g/mol. The quantitative estimate of drug-likeness (QED) is 0.913. The first-order chi connectivity index (χ1) is 10.3. The number of anilines is 1. The van der Waals surface area contributed by atoms with E-state index in [1.165, 1.54) is 30.4 Å². The van der Waals surface area contributed by atoms with E-state index in [1.54, 1.807) is 0 Å². The Kier molecular flexibility index (Phi) is 4.85. The van der Waals surface area contributed by atoms with Crippen LogP contribution in [0.5, 0.6) is 0 Å². The van der Waals surface area contributed by atoms with E-state index in [1.807, 2.05) is 12.3 Å². The minimum atomic E-state index is -4.43. The van der Waals surface area contributed by atoms with Crippen LogP contribution in [0.2, 0.25) is 0 Å². The Bertz CT molecular complexity index is 680. The van der Waals surface area contributed by atoms with Gasteiger partial charge in [-0.2, -0.15) is 13.2 Å². The fraction of sp³-hybridized carbons (Fsp3) is 0.333. The lowest BCUT2D eigenvalue weighted by Crippen LogP contribution is -2.15. The third-order valence-electron chi connectivity index (χ3n) is 3.10. The van der Waals surface area contributed by atoms with Gasteiger partial charge in [0.15, 0.2) is 0 Å². The summed E-state index contributed by atoms with van der Waals surface area (Å²) in [6.07, 6.45) is -3.60. The molecule has 22 heavy (non-hydrogen) atoms. The average Bonchev–Trinajstić information content (AvgIpc) is 2.87. The van der Waals surface area contributed by atoms with E-state index in [-0.39, 0.29) is 23.6 Å². The summed E-state index contributed by atoms with van der Waals surface area (Å²) in [4.78, 5) is 16.2. The van der Waals surface area contributed by atoms with Gasteiger partial charge in [-0.25, -0.2) is 4.98 Å². The Morgan fingerprint density at radius 3 is 2.68 bits per heavy atom. The second-order valence-corrected chi connectivity index (χ2v) is 5.78. The number of carbonyl (C=O) groups is 1. The average molecular weight is 328 g/mol. The number of nitrogens with zero attached hydrogens (tertiary/aromatic N) is 1. The van der Waals surface area contributed by atoms with Crippen LogP contribution in [0.4, 0.5) is 18.9 Å². The molecule has 0 aliphatic rings. The first-order valence-electron chi connectivity index (χ1n) is 6.70. The molecule has 0 aliphatic carbocycles. The Labute approximate surface area is 130 Å². The third-order valence-corrected chi connectivity index (χ3v) is 4.00. The van der Waals surface area contributed by atoms with E-state index < -0.39 is 11.7 Å². The standard InChI is InChI=1S/C15H15F3N2OS/c1-3-10-8-22-14(20-10)7-13(21)19-11-5-4-9(2)12(6-11)15(16,17)18/h4-6,8H,3,7H2,1-2H3,(H,19,21). The summed E-state index contributed by atoms with van der Waals surface area (Å²) in [7, 11) is 0. The minimum Gasteiger partial charge on any atom is -0.326 e. The maximum Gasteiger partial charge on any atom is 0.416 e. The molecule has 3 nitrogen and oxygen atoms in total. The van der Waals surface area contributed by atoms with Gasteiger partial charge in [-0.15, -0.1) is 11.3 Å². The molecule has 2 aromatic rings. The van der Waals surface area contributed by atoms with Crippen molar-refractivity contribution in [3.8, 4) is 0 Å². The number of hydrogen-bond donors (Lipinski definition) is 1. The summed E-state index contributed by atoms with van der Waals surface area (Å²) in [5, 5.41) is 5.01. The van der Waals surface area contributed by atoms with Crippen LogP contribution >= 0.6 is 11.3 Å². The van der Waals surface area contributed by atoms with Crippen molar-refractivity contribution in [3.63, 3.8) is 0 Å². The molecule has 1 heterocycles. The van der Waals surface area contributed by atoms with E-state index in [0.717, 1.165) is 18.2 Å². The minimum absolute atomic E-state index is 0.0555. The van der Waals surface area contributed by atoms with Crippen LogP contribution in [0.3, 0.4) is 0 Å². The lowest BCUT2D eigenvalue weighted by atomic mass is 10.1. The number of aromatic nitrogens is 1. The molecule has 1 N–H and O–H groups in total. The summed E-state index contributed by atoms with van der Waals surface area (Å²) < 4.78 is 38.5. The third kappa shape index (κ3) is 4.07. The van der Waals surface area contributed by atoms with Crippen LogP contribution in [-0.4, -0.2) is 10.9 Å². The van der Waals surface area contributed by atoms with Crippen LogP contribution < -0.4 is 5.32 Å². The van der Waals surface area contributed by atoms with Crippen molar-refractivity contribution >= 4 is 22.9 Å². The van der Waals surface area contributed by atoms with Gasteiger partial charge in [0.1, 0.15) is 5.01 Å². The SMILES string of the molecule is CCc1csc(CC(=O)Nc2ccc(C)c(C(F)(F)F)c2)n1. The molecule has 0 fully saturated rings. The van der Waals surface area contributed by atoms with Gasteiger partial charge in [0.25, 0.3) is 0 Å². The summed E-state index contributed by atoms with van der Waals surface area (Å²) >= 11 is 1.37. The zero-order valence-electron chi connectivity index (χ0n) is 12.1. The second kappa shape index (κ2) is 6.48. The molecule has 1 amide bonds. The van der Waals surface area contributed by atoms with E-state index in [2.05, 4.69) is 10.3 Å². The van der Waals surface area contributed by atoms with Crippen molar-refractivity contribution in [2.75, 3.05) is 5.32 Å². The van der Waals surface area contributed by atoms with E-state index >= 15 is 0 Å². The van der Waals surface area contributed by atoms with E-state index in [9.17, 15) is 18.0 Å². The highest BCUT2D eigenvalue weighted by molar-refractivity contribution is 7.09. The number of aryl methyl sites for hydroxylation is 2. The summed E-state index contributed by atoms with van der Waals surface area (Å²) in [6, 6.07) is 3.76. The number of alkyl halides is 3. The number of carbonyl (C=O) groups excluding carboxylic acids is 1. The fourth-order valence-corrected chi connectivity index (χ4v) is 2.82. The number of rotatable bonds is 4. The van der Waals surface area contributed by atoms with Crippen LogP contribution in [0.25, 0.3) is 0 Å². The predicted octanol–water partition coefficient (Wildman–Crippen LogP) is 4.21. The molecular weight excluding hydrogens is 313 g/mol. The molecule has 118 valence electrons. The lowest BCUT2D eigenvalue weighted by Gasteiger charge is -2.12. The maximum absolute atomic E-state index is 12.8. The van der Waals surface area contributed by atoms with Crippen LogP contribution in [0.15, 0.2) is 23.6 Å². The number of amides is 1. The van der Waals surface area contributed by atoms with Gasteiger partial charge in [-0.05, 0) is 31.0 Å². The summed E-state index contributed by atoms with van der Waals surface area (Å²) in [5.41, 5.74) is 0.420. The Hall–Kier alpha value is -1.89. The first-order valence-corrected chi connectivity index (χ1v) is 7.58. The molecule has 0 spiro atoms. The summed E-state index contributed by atoms with van der Waals surface area (Å²) in [5.74, 6) is -0.381. The van der Waals surface area contributed by atoms with Gasteiger partial charge < -0.3 is 5.32 Å². The summed E-state index contributed by atoms with van der Waals surface area (Å²) in [6.45, 7) is 3.35. The molecule has 1 aromatic carbocycles. The van der Waals surface area contributed by atoms with Crippen molar-refractivity contribution < 1.29 is 18.0 Å². The number of nitrogens with one attached hydrogen (secondary N) is 1. The zero-order chi connectivity index (χ0) is 16.3. The topological polar surface area (TPSA) is 42.0 Å². The number of halogens is 3. The molecule has 0 saturated carbocycles. The Morgan fingerprint density at radius 1 is 1.36 bits per heavy atom. The largest absolute Gasteiger partial charge is 0.416 e. The number of thiazole rings is 1. The molecule has 0 atom stereocenters.